The molecule has 134 valence electrons. The molecular weight excluding hydrogens is 344 g/mol. The molecule has 1 heterocycles. The van der Waals surface area contributed by atoms with Crippen LogP contribution in [0.25, 0.3) is 0 Å². The molecule has 1 N–H and O–H groups in total. The van der Waals surface area contributed by atoms with Crippen LogP contribution < -0.4 is 10.2 Å². The first-order valence-corrected chi connectivity index (χ1v) is 9.20. The lowest BCUT2D eigenvalue weighted by Gasteiger charge is -2.23. The quantitative estimate of drug-likeness (QED) is 0.620. The highest BCUT2D eigenvalue weighted by Crippen LogP contribution is 2.24. The van der Waals surface area contributed by atoms with E-state index in [1.54, 1.807) is 0 Å². The first-order valence-electron chi connectivity index (χ1n) is 8.82. The Hall–Kier alpha value is -2.59. The van der Waals surface area contributed by atoms with E-state index >= 15 is 0 Å². The van der Waals surface area contributed by atoms with Crippen molar-refractivity contribution in [2.75, 3.05) is 23.3 Å². The van der Waals surface area contributed by atoms with Crippen molar-refractivity contribution in [2.45, 2.75) is 20.3 Å². The van der Waals surface area contributed by atoms with E-state index in [-0.39, 0.29) is 0 Å². The summed E-state index contributed by atoms with van der Waals surface area (Å²) in [5.74, 6) is 2.50. The molecule has 0 saturated heterocycles. The molecule has 0 bridgehead atoms. The van der Waals surface area contributed by atoms with Gasteiger partial charge in [0.05, 0.1) is 0 Å². The lowest BCUT2D eigenvalue weighted by Crippen LogP contribution is -2.18. The largest absolute Gasteiger partial charge is 0.370 e. The fraction of sp³-hybridized carbons (Fsp3) is 0.238. The summed E-state index contributed by atoms with van der Waals surface area (Å²) >= 11 is 5.93. The Balaban J connectivity index is 1.71. The van der Waals surface area contributed by atoms with E-state index in [9.17, 15) is 0 Å². The average molecular weight is 367 g/mol. The van der Waals surface area contributed by atoms with E-state index in [4.69, 9.17) is 11.6 Å². The number of aromatic nitrogens is 2. The van der Waals surface area contributed by atoms with Crippen molar-refractivity contribution in [2.24, 2.45) is 0 Å². The van der Waals surface area contributed by atoms with Gasteiger partial charge in [-0.25, -0.2) is 9.97 Å². The highest BCUT2D eigenvalue weighted by molar-refractivity contribution is 6.30. The molecule has 0 atom stereocenters. The van der Waals surface area contributed by atoms with E-state index < -0.39 is 0 Å². The van der Waals surface area contributed by atoms with Gasteiger partial charge in [0.1, 0.15) is 17.5 Å². The van der Waals surface area contributed by atoms with Gasteiger partial charge in [0.25, 0.3) is 0 Å². The summed E-state index contributed by atoms with van der Waals surface area (Å²) in [7, 11) is 0. The number of halogens is 1. The number of benzene rings is 2. The smallest absolute Gasteiger partial charge is 0.138 e. The standard InChI is InChI=1S/C21H23ClN4/c1-3-26(19-7-5-4-6-8-19)21-15-20(24-16(2)25-21)23-14-13-17-9-11-18(22)12-10-17/h4-12,15H,3,13-14H2,1-2H3,(H,23,24,25). The predicted octanol–water partition coefficient (Wildman–Crippen LogP) is 5.25. The molecule has 0 spiro atoms. The topological polar surface area (TPSA) is 41.0 Å². The van der Waals surface area contributed by atoms with Crippen molar-refractivity contribution in [3.63, 3.8) is 0 Å². The van der Waals surface area contributed by atoms with Gasteiger partial charge in [0, 0.05) is 29.9 Å². The molecule has 3 aromatic rings. The Bertz CT molecular complexity index is 834. The van der Waals surface area contributed by atoms with Gasteiger partial charge in [0.2, 0.25) is 0 Å². The lowest BCUT2D eigenvalue weighted by molar-refractivity contribution is 0.939. The van der Waals surface area contributed by atoms with Crippen LogP contribution in [0, 0.1) is 6.92 Å². The summed E-state index contributed by atoms with van der Waals surface area (Å²) < 4.78 is 0. The van der Waals surface area contributed by atoms with Crippen LogP contribution in [-0.4, -0.2) is 23.1 Å². The molecule has 3 rings (SSSR count). The summed E-state index contributed by atoms with van der Waals surface area (Å²) in [5.41, 5.74) is 2.37. The van der Waals surface area contributed by atoms with Gasteiger partial charge >= 0.3 is 0 Å². The number of para-hydroxylation sites is 1. The van der Waals surface area contributed by atoms with Crippen LogP contribution in [0.3, 0.4) is 0 Å². The number of nitrogens with one attached hydrogen (secondary N) is 1. The summed E-state index contributed by atoms with van der Waals surface area (Å²) in [6.45, 7) is 5.68. The third-order valence-corrected chi connectivity index (χ3v) is 4.37. The molecule has 4 nitrogen and oxygen atoms in total. The van der Waals surface area contributed by atoms with Crippen molar-refractivity contribution >= 4 is 28.9 Å². The molecule has 0 amide bonds. The van der Waals surface area contributed by atoms with Gasteiger partial charge in [-0.3, -0.25) is 0 Å². The lowest BCUT2D eigenvalue weighted by atomic mass is 10.1. The number of hydrogen-bond donors (Lipinski definition) is 1. The van der Waals surface area contributed by atoms with Crippen molar-refractivity contribution in [3.8, 4) is 0 Å². The van der Waals surface area contributed by atoms with E-state index in [0.29, 0.717) is 0 Å². The Morgan fingerprint density at radius 2 is 1.73 bits per heavy atom. The molecule has 2 aromatic carbocycles. The van der Waals surface area contributed by atoms with E-state index in [1.807, 2.05) is 43.3 Å². The molecule has 0 saturated carbocycles. The maximum atomic E-state index is 5.93. The minimum atomic E-state index is 0.755. The fourth-order valence-corrected chi connectivity index (χ4v) is 2.98. The Labute approximate surface area is 159 Å². The zero-order chi connectivity index (χ0) is 18.4. The van der Waals surface area contributed by atoms with Gasteiger partial charge in [-0.15, -0.1) is 0 Å². The predicted molar refractivity (Wildman–Crippen MR) is 110 cm³/mol. The molecule has 0 aliphatic carbocycles. The number of rotatable bonds is 7. The third-order valence-electron chi connectivity index (χ3n) is 4.12. The van der Waals surface area contributed by atoms with Crippen LogP contribution in [0.1, 0.15) is 18.3 Å². The summed E-state index contributed by atoms with van der Waals surface area (Å²) in [6, 6.07) is 20.2. The average Bonchev–Trinajstić information content (AvgIpc) is 2.65. The SMILES string of the molecule is CCN(c1ccccc1)c1cc(NCCc2ccc(Cl)cc2)nc(C)n1. The van der Waals surface area contributed by atoms with Gasteiger partial charge in [-0.05, 0) is 50.1 Å². The zero-order valence-electron chi connectivity index (χ0n) is 15.1. The first kappa shape index (κ1) is 18.2. The second kappa shape index (κ2) is 8.68. The number of anilines is 3. The Morgan fingerprint density at radius 1 is 1.00 bits per heavy atom. The van der Waals surface area contributed by atoms with Crippen LogP contribution in [-0.2, 0) is 6.42 Å². The minimum Gasteiger partial charge on any atom is -0.370 e. The number of nitrogens with zero attached hydrogens (tertiary/aromatic N) is 3. The molecule has 0 fully saturated rings. The fourth-order valence-electron chi connectivity index (χ4n) is 2.85. The van der Waals surface area contributed by atoms with Gasteiger partial charge in [-0.1, -0.05) is 41.9 Å². The van der Waals surface area contributed by atoms with E-state index in [0.717, 1.165) is 47.7 Å². The van der Waals surface area contributed by atoms with Gasteiger partial charge in [-0.2, -0.15) is 0 Å². The Kier molecular flexibility index (Phi) is 6.08. The summed E-state index contributed by atoms with van der Waals surface area (Å²) in [4.78, 5) is 11.3. The van der Waals surface area contributed by atoms with Crippen molar-refractivity contribution in [1.29, 1.82) is 0 Å². The van der Waals surface area contributed by atoms with Crippen molar-refractivity contribution < 1.29 is 0 Å². The summed E-state index contributed by atoms with van der Waals surface area (Å²) in [6.07, 6.45) is 0.908. The van der Waals surface area contributed by atoms with Gasteiger partial charge in [0.15, 0.2) is 0 Å². The molecule has 0 aliphatic rings. The van der Waals surface area contributed by atoms with E-state index in [1.165, 1.54) is 5.56 Å². The second-order valence-corrected chi connectivity index (χ2v) is 6.48. The monoisotopic (exact) mass is 366 g/mol. The normalized spacial score (nSPS) is 10.6. The van der Waals surface area contributed by atoms with Crippen LogP contribution in [0.2, 0.25) is 5.02 Å². The summed E-state index contributed by atoms with van der Waals surface area (Å²) in [5, 5.41) is 4.17. The van der Waals surface area contributed by atoms with Crippen LogP contribution >= 0.6 is 11.6 Å². The highest BCUT2D eigenvalue weighted by atomic mass is 35.5. The van der Waals surface area contributed by atoms with E-state index in [2.05, 4.69) is 51.4 Å². The van der Waals surface area contributed by atoms with Crippen molar-refractivity contribution in [3.05, 3.63) is 77.1 Å². The molecule has 26 heavy (non-hydrogen) atoms. The maximum absolute atomic E-state index is 5.93. The van der Waals surface area contributed by atoms with Crippen LogP contribution in [0.15, 0.2) is 60.7 Å². The maximum Gasteiger partial charge on any atom is 0.138 e. The molecule has 0 radical (unpaired) electrons. The molecular formula is C21H23ClN4. The molecule has 0 aliphatic heterocycles. The highest BCUT2D eigenvalue weighted by Gasteiger charge is 2.11. The molecule has 0 unspecified atom stereocenters. The first-order chi connectivity index (χ1) is 12.7. The number of hydrogen-bond acceptors (Lipinski definition) is 4. The van der Waals surface area contributed by atoms with Gasteiger partial charge < -0.3 is 10.2 Å². The van der Waals surface area contributed by atoms with Crippen LogP contribution in [0.4, 0.5) is 17.3 Å². The van der Waals surface area contributed by atoms with Crippen molar-refractivity contribution in [1.82, 2.24) is 9.97 Å². The third kappa shape index (κ3) is 4.73. The van der Waals surface area contributed by atoms with Crippen LogP contribution in [0.5, 0.6) is 0 Å². The minimum absolute atomic E-state index is 0.755. The zero-order valence-corrected chi connectivity index (χ0v) is 15.9. The number of aryl methyl sites for hydroxylation is 1. The molecule has 5 heteroatoms. The second-order valence-electron chi connectivity index (χ2n) is 6.04. The Morgan fingerprint density at radius 3 is 2.42 bits per heavy atom. The molecule has 1 aromatic heterocycles.